The maximum Gasteiger partial charge on any atom is 0.120 e. The Labute approximate surface area is 111 Å². The molecule has 102 valence electrons. The molecule has 0 aliphatic heterocycles. The zero-order chi connectivity index (χ0) is 13.8. The minimum atomic E-state index is -0.149. The lowest BCUT2D eigenvalue weighted by molar-refractivity contribution is 0.0598. The van der Waals surface area contributed by atoms with Crippen LogP contribution >= 0.6 is 0 Å². The Kier molecular flexibility index (Phi) is 4.80. The average molecular weight is 250 g/mol. The summed E-state index contributed by atoms with van der Waals surface area (Å²) in [6.07, 6.45) is 0. The molecule has 0 saturated heterocycles. The lowest BCUT2D eigenvalue weighted by atomic mass is 9.99. The Hall–Kier alpha value is -1.02. The molecule has 0 aliphatic carbocycles. The molecule has 1 aromatic carbocycles. The van der Waals surface area contributed by atoms with Crippen molar-refractivity contribution in [1.82, 2.24) is 0 Å². The molecule has 0 aliphatic rings. The van der Waals surface area contributed by atoms with E-state index in [2.05, 4.69) is 32.9 Å². The maximum absolute atomic E-state index is 5.77. The van der Waals surface area contributed by atoms with E-state index in [1.165, 1.54) is 5.56 Å². The van der Waals surface area contributed by atoms with Crippen molar-refractivity contribution in [1.29, 1.82) is 0 Å². The van der Waals surface area contributed by atoms with Crippen molar-refractivity contribution in [2.24, 2.45) is 5.41 Å². The highest BCUT2D eigenvalue weighted by molar-refractivity contribution is 5.27. The number of rotatable bonds is 4. The van der Waals surface area contributed by atoms with Crippen molar-refractivity contribution in [3.05, 3.63) is 29.8 Å². The zero-order valence-electron chi connectivity index (χ0n) is 12.5. The third kappa shape index (κ3) is 6.65. The molecule has 2 heteroatoms. The van der Waals surface area contributed by atoms with Gasteiger partial charge >= 0.3 is 0 Å². The highest BCUT2D eigenvalue weighted by Crippen LogP contribution is 2.19. The molecule has 0 atom stereocenters. The molecule has 0 fully saturated rings. The fourth-order valence-electron chi connectivity index (χ4n) is 1.48. The van der Waals surface area contributed by atoms with Crippen LogP contribution in [0.2, 0.25) is 0 Å². The summed E-state index contributed by atoms with van der Waals surface area (Å²) in [6, 6.07) is 8.12. The van der Waals surface area contributed by atoms with Gasteiger partial charge in [0.15, 0.2) is 0 Å². The second kappa shape index (κ2) is 5.75. The van der Waals surface area contributed by atoms with Gasteiger partial charge in [-0.2, -0.15) is 0 Å². The van der Waals surface area contributed by atoms with Gasteiger partial charge in [0.2, 0.25) is 0 Å². The normalized spacial score (nSPS) is 12.6. The fourth-order valence-corrected chi connectivity index (χ4v) is 1.48. The second-order valence-electron chi connectivity index (χ2n) is 6.91. The first-order valence-corrected chi connectivity index (χ1v) is 6.51. The summed E-state index contributed by atoms with van der Waals surface area (Å²) in [7, 11) is 0. The van der Waals surface area contributed by atoms with Gasteiger partial charge in [-0.3, -0.25) is 0 Å². The Morgan fingerprint density at radius 1 is 0.889 bits per heavy atom. The van der Waals surface area contributed by atoms with Crippen molar-refractivity contribution >= 4 is 0 Å². The molecule has 0 amide bonds. The van der Waals surface area contributed by atoms with Crippen molar-refractivity contribution in [2.45, 2.75) is 53.8 Å². The quantitative estimate of drug-likeness (QED) is 0.787. The minimum absolute atomic E-state index is 0.149. The minimum Gasteiger partial charge on any atom is -0.488 e. The molecule has 2 nitrogen and oxygen atoms in total. The van der Waals surface area contributed by atoms with Gasteiger partial charge in [0.1, 0.15) is 11.4 Å². The second-order valence-corrected chi connectivity index (χ2v) is 6.91. The molecule has 1 aromatic rings. The van der Waals surface area contributed by atoms with Crippen LogP contribution in [0.4, 0.5) is 0 Å². The Morgan fingerprint density at radius 2 is 1.44 bits per heavy atom. The van der Waals surface area contributed by atoms with Crippen LogP contribution in [-0.4, -0.2) is 12.2 Å². The van der Waals surface area contributed by atoms with Crippen LogP contribution in [0, 0.1) is 5.41 Å². The number of benzene rings is 1. The highest BCUT2D eigenvalue weighted by atomic mass is 16.5. The van der Waals surface area contributed by atoms with E-state index in [-0.39, 0.29) is 11.0 Å². The summed E-state index contributed by atoms with van der Waals surface area (Å²) < 4.78 is 11.5. The van der Waals surface area contributed by atoms with Crippen molar-refractivity contribution < 1.29 is 9.47 Å². The molecule has 0 N–H and O–H groups in total. The van der Waals surface area contributed by atoms with Gasteiger partial charge in [0, 0.05) is 0 Å². The number of hydrogen-bond donors (Lipinski definition) is 0. The standard InChI is InChI=1S/C16H26O2/c1-15(2,3)12-17-11-13-7-9-14(10-8-13)18-16(4,5)6/h7-10H,11-12H2,1-6H3. The van der Waals surface area contributed by atoms with Gasteiger partial charge in [-0.1, -0.05) is 32.9 Å². The first-order chi connectivity index (χ1) is 8.16. The van der Waals surface area contributed by atoms with Gasteiger partial charge in [0.05, 0.1) is 13.2 Å². The van der Waals surface area contributed by atoms with Crippen molar-refractivity contribution in [3.63, 3.8) is 0 Å². The number of hydrogen-bond acceptors (Lipinski definition) is 2. The monoisotopic (exact) mass is 250 g/mol. The van der Waals surface area contributed by atoms with E-state index in [0.29, 0.717) is 6.61 Å². The predicted molar refractivity (Wildman–Crippen MR) is 75.9 cm³/mol. The van der Waals surface area contributed by atoms with Gasteiger partial charge < -0.3 is 9.47 Å². The Morgan fingerprint density at radius 3 is 1.89 bits per heavy atom. The van der Waals surface area contributed by atoms with Crippen LogP contribution in [0.1, 0.15) is 47.1 Å². The summed E-state index contributed by atoms with van der Waals surface area (Å²) in [5.41, 5.74) is 1.25. The summed E-state index contributed by atoms with van der Waals surface area (Å²) in [4.78, 5) is 0. The summed E-state index contributed by atoms with van der Waals surface area (Å²) in [5.74, 6) is 0.905. The van der Waals surface area contributed by atoms with E-state index in [1.807, 2.05) is 32.9 Å². The topological polar surface area (TPSA) is 18.5 Å². The van der Waals surface area contributed by atoms with Crippen LogP contribution in [0.3, 0.4) is 0 Å². The van der Waals surface area contributed by atoms with Crippen LogP contribution in [0.15, 0.2) is 24.3 Å². The Balaban J connectivity index is 2.46. The Bertz CT molecular complexity index is 352. The molecule has 0 saturated carbocycles. The lowest BCUT2D eigenvalue weighted by Crippen LogP contribution is -2.22. The van der Waals surface area contributed by atoms with E-state index in [1.54, 1.807) is 0 Å². The first-order valence-electron chi connectivity index (χ1n) is 6.51. The molecular weight excluding hydrogens is 224 g/mol. The molecule has 1 rings (SSSR count). The van der Waals surface area contributed by atoms with Gasteiger partial charge in [-0.05, 0) is 43.9 Å². The number of ether oxygens (including phenoxy) is 2. The van der Waals surface area contributed by atoms with E-state index in [0.717, 1.165) is 12.4 Å². The van der Waals surface area contributed by atoms with E-state index in [9.17, 15) is 0 Å². The smallest absolute Gasteiger partial charge is 0.120 e. The third-order valence-electron chi connectivity index (χ3n) is 2.15. The molecular formula is C16H26O2. The zero-order valence-corrected chi connectivity index (χ0v) is 12.5. The molecule has 0 heterocycles. The SMILES string of the molecule is CC(C)(C)COCc1ccc(OC(C)(C)C)cc1. The summed E-state index contributed by atoms with van der Waals surface area (Å²) in [5, 5.41) is 0. The maximum atomic E-state index is 5.77. The van der Waals surface area contributed by atoms with Crippen LogP contribution in [-0.2, 0) is 11.3 Å². The lowest BCUT2D eigenvalue weighted by Gasteiger charge is -2.21. The predicted octanol–water partition coefficient (Wildman–Crippen LogP) is 4.43. The molecule has 18 heavy (non-hydrogen) atoms. The van der Waals surface area contributed by atoms with E-state index < -0.39 is 0 Å². The van der Waals surface area contributed by atoms with Crippen LogP contribution < -0.4 is 4.74 Å². The summed E-state index contributed by atoms with van der Waals surface area (Å²) >= 11 is 0. The van der Waals surface area contributed by atoms with Crippen LogP contribution in [0.25, 0.3) is 0 Å². The van der Waals surface area contributed by atoms with E-state index >= 15 is 0 Å². The largest absolute Gasteiger partial charge is 0.488 e. The third-order valence-corrected chi connectivity index (χ3v) is 2.15. The molecule has 0 radical (unpaired) electrons. The molecule has 0 spiro atoms. The van der Waals surface area contributed by atoms with Crippen molar-refractivity contribution in [2.75, 3.05) is 6.61 Å². The summed E-state index contributed by atoms with van der Waals surface area (Å²) in [6.45, 7) is 14.1. The molecule has 0 bridgehead atoms. The fraction of sp³-hybridized carbons (Fsp3) is 0.625. The van der Waals surface area contributed by atoms with Crippen molar-refractivity contribution in [3.8, 4) is 5.75 Å². The average Bonchev–Trinajstić information content (AvgIpc) is 2.16. The molecule has 0 aromatic heterocycles. The van der Waals surface area contributed by atoms with Gasteiger partial charge in [-0.25, -0.2) is 0 Å². The molecule has 0 unspecified atom stereocenters. The first kappa shape index (κ1) is 15.0. The highest BCUT2D eigenvalue weighted by Gasteiger charge is 2.12. The van der Waals surface area contributed by atoms with E-state index in [4.69, 9.17) is 9.47 Å². The van der Waals surface area contributed by atoms with Crippen LogP contribution in [0.5, 0.6) is 5.75 Å². The van der Waals surface area contributed by atoms with Gasteiger partial charge in [0.25, 0.3) is 0 Å². The van der Waals surface area contributed by atoms with Gasteiger partial charge in [-0.15, -0.1) is 0 Å².